The summed E-state index contributed by atoms with van der Waals surface area (Å²) in [6.45, 7) is 9.90. The third kappa shape index (κ3) is 6.12. The van der Waals surface area contributed by atoms with Gasteiger partial charge in [-0.15, -0.1) is 0 Å². The second-order valence-corrected chi connectivity index (χ2v) is 12.9. The Morgan fingerprint density at radius 2 is 1.76 bits per heavy atom. The van der Waals surface area contributed by atoms with Gasteiger partial charge in [0, 0.05) is 36.8 Å². The quantitative estimate of drug-likeness (QED) is 0.458. The van der Waals surface area contributed by atoms with E-state index in [1.807, 2.05) is 32.0 Å². The average Bonchev–Trinajstić information content (AvgIpc) is 2.90. The zero-order chi connectivity index (χ0) is 29.5. The summed E-state index contributed by atoms with van der Waals surface area (Å²) in [5.74, 6) is -0.400. The number of aromatic nitrogens is 2. The normalized spacial score (nSPS) is 18.6. The van der Waals surface area contributed by atoms with Gasteiger partial charge < -0.3 is 19.3 Å². The van der Waals surface area contributed by atoms with Crippen LogP contribution in [-0.2, 0) is 14.8 Å². The Hall–Kier alpha value is -4.19. The maximum Gasteiger partial charge on any atom is 0.410 e. The van der Waals surface area contributed by atoms with Crippen LogP contribution in [-0.4, -0.2) is 78.1 Å². The summed E-state index contributed by atoms with van der Waals surface area (Å²) in [5.41, 5.74) is 2.74. The first-order valence-corrected chi connectivity index (χ1v) is 14.8. The van der Waals surface area contributed by atoms with Crippen LogP contribution >= 0.6 is 0 Å². The smallest absolute Gasteiger partial charge is 0.410 e. The molecule has 0 aliphatic carbocycles. The van der Waals surface area contributed by atoms with Crippen LogP contribution in [0.2, 0.25) is 0 Å². The lowest BCUT2D eigenvalue weighted by molar-refractivity contribution is -0.00114. The van der Waals surface area contributed by atoms with Gasteiger partial charge in [-0.1, -0.05) is 24.3 Å². The zero-order valence-corrected chi connectivity index (χ0v) is 24.5. The van der Waals surface area contributed by atoms with Gasteiger partial charge >= 0.3 is 6.09 Å². The van der Waals surface area contributed by atoms with E-state index in [1.54, 1.807) is 42.7 Å². The Morgan fingerprint density at radius 3 is 2.46 bits per heavy atom. The number of piperazine rings is 1. The first kappa shape index (κ1) is 28.3. The highest BCUT2D eigenvalue weighted by molar-refractivity contribution is 7.92. The van der Waals surface area contributed by atoms with Crippen molar-refractivity contribution >= 4 is 28.0 Å². The number of fused-ring (bicyclic) bond motifs is 5. The number of ether oxygens (including phenoxy) is 2. The monoisotopic (exact) mass is 579 g/mol. The minimum absolute atomic E-state index is 0.000125. The van der Waals surface area contributed by atoms with E-state index in [1.165, 1.54) is 18.2 Å². The number of carbonyl (C=O) groups excluding carboxylic acids is 2. The van der Waals surface area contributed by atoms with Gasteiger partial charge in [0.1, 0.15) is 12.2 Å². The topological polar surface area (TPSA) is 131 Å². The van der Waals surface area contributed by atoms with Gasteiger partial charge in [0.15, 0.2) is 0 Å². The second-order valence-electron chi connectivity index (χ2n) is 11.2. The Kier molecular flexibility index (Phi) is 7.37. The van der Waals surface area contributed by atoms with Crippen molar-refractivity contribution in [3.8, 4) is 17.1 Å². The van der Waals surface area contributed by atoms with Crippen LogP contribution in [0.5, 0.6) is 5.88 Å². The van der Waals surface area contributed by atoms with Gasteiger partial charge in [-0.2, -0.15) is 4.98 Å². The van der Waals surface area contributed by atoms with Crippen molar-refractivity contribution in [3.05, 3.63) is 65.2 Å². The number of sulfonamides is 1. The van der Waals surface area contributed by atoms with Crippen LogP contribution in [0.4, 0.5) is 10.7 Å². The van der Waals surface area contributed by atoms with Crippen LogP contribution < -0.4 is 9.46 Å². The fraction of sp³-hybridized carbons (Fsp3) is 0.379. The minimum atomic E-state index is -4.14. The Bertz CT molecular complexity index is 1600. The highest BCUT2D eigenvalue weighted by atomic mass is 32.2. The number of anilines is 1. The van der Waals surface area contributed by atoms with Crippen molar-refractivity contribution in [3.63, 3.8) is 0 Å². The van der Waals surface area contributed by atoms with E-state index >= 15 is 0 Å². The number of nitrogens with one attached hydrogen (secondary N) is 1. The van der Waals surface area contributed by atoms with Crippen LogP contribution in [0.1, 0.15) is 42.3 Å². The molecule has 11 nitrogen and oxygen atoms in total. The largest absolute Gasteiger partial charge is 0.475 e. The van der Waals surface area contributed by atoms with Crippen molar-refractivity contribution in [1.29, 1.82) is 0 Å². The molecule has 2 aliphatic heterocycles. The molecule has 1 fully saturated rings. The summed E-state index contributed by atoms with van der Waals surface area (Å²) in [6.07, 6.45) is -0.480. The predicted molar refractivity (Wildman–Crippen MR) is 152 cm³/mol. The van der Waals surface area contributed by atoms with E-state index in [-0.39, 0.29) is 54.4 Å². The Labute approximate surface area is 239 Å². The molecule has 2 amide bonds. The molecule has 1 N–H and O–H groups in total. The van der Waals surface area contributed by atoms with E-state index in [0.717, 1.165) is 16.7 Å². The van der Waals surface area contributed by atoms with E-state index in [4.69, 9.17) is 9.47 Å². The van der Waals surface area contributed by atoms with Crippen molar-refractivity contribution in [2.75, 3.05) is 31.0 Å². The summed E-state index contributed by atoms with van der Waals surface area (Å²) in [5, 5.41) is 0. The summed E-state index contributed by atoms with van der Waals surface area (Å²) >= 11 is 0. The van der Waals surface area contributed by atoms with Gasteiger partial charge in [-0.25, -0.2) is 22.9 Å². The molecule has 5 rings (SSSR count). The Balaban J connectivity index is 1.58. The van der Waals surface area contributed by atoms with Gasteiger partial charge in [-0.3, -0.25) is 4.79 Å². The lowest BCUT2D eigenvalue weighted by atomic mass is 10.00. The summed E-state index contributed by atoms with van der Waals surface area (Å²) in [7, 11) is -4.14. The number of hydrogen-bond donors (Lipinski definition) is 1. The van der Waals surface area contributed by atoms with Gasteiger partial charge in [-0.05, 0) is 63.9 Å². The van der Waals surface area contributed by atoms with Crippen LogP contribution in [0.25, 0.3) is 11.3 Å². The minimum Gasteiger partial charge on any atom is -0.475 e. The number of benzene rings is 2. The maximum atomic E-state index is 13.7. The predicted octanol–water partition coefficient (Wildman–Crippen LogP) is 4.02. The molecular formula is C29H33N5O6S. The average molecular weight is 580 g/mol. The number of nitrogens with zero attached hydrogens (tertiary/aromatic N) is 4. The van der Waals surface area contributed by atoms with Crippen molar-refractivity contribution in [2.24, 2.45) is 0 Å². The fourth-order valence-electron chi connectivity index (χ4n) is 4.97. The highest BCUT2D eigenvalue weighted by Gasteiger charge is 2.36. The summed E-state index contributed by atoms with van der Waals surface area (Å²) in [6, 6.07) is 12.7. The zero-order valence-electron chi connectivity index (χ0n) is 23.7. The molecule has 1 atom stereocenters. The Morgan fingerprint density at radius 1 is 1.05 bits per heavy atom. The molecule has 0 spiro atoms. The molecule has 3 heterocycles. The van der Waals surface area contributed by atoms with Crippen molar-refractivity contribution in [2.45, 2.75) is 51.2 Å². The first-order valence-electron chi connectivity index (χ1n) is 13.3. The second kappa shape index (κ2) is 10.7. The number of hydrogen-bond acceptors (Lipinski definition) is 8. The molecular weight excluding hydrogens is 546 g/mol. The van der Waals surface area contributed by atoms with Crippen molar-refractivity contribution < 1.29 is 27.5 Å². The molecule has 0 unspecified atom stereocenters. The van der Waals surface area contributed by atoms with Crippen LogP contribution in [0.3, 0.4) is 0 Å². The maximum absolute atomic E-state index is 13.7. The van der Waals surface area contributed by atoms with E-state index in [0.29, 0.717) is 5.69 Å². The van der Waals surface area contributed by atoms with Gasteiger partial charge in [0.05, 0.1) is 16.6 Å². The first-order chi connectivity index (χ1) is 19.3. The van der Waals surface area contributed by atoms with Crippen LogP contribution in [0.15, 0.2) is 53.4 Å². The number of aryl methyl sites for hydroxylation is 2. The molecule has 0 radical (unpaired) electrons. The van der Waals surface area contributed by atoms with Crippen molar-refractivity contribution in [1.82, 2.24) is 19.8 Å². The molecule has 2 aliphatic rings. The SMILES string of the molecule is Cc1cccc(C)c1-c1cc2nc(n1)NS(=O)(=O)c1cccc(c1)C(=O)N1CCN(C(=O)OC(C)(C)C)C[C@H]1CO2. The third-order valence-electron chi connectivity index (χ3n) is 6.88. The summed E-state index contributed by atoms with van der Waals surface area (Å²) < 4.78 is 40.9. The number of amides is 2. The number of rotatable bonds is 1. The molecule has 41 heavy (non-hydrogen) atoms. The molecule has 216 valence electrons. The fourth-order valence-corrected chi connectivity index (χ4v) is 5.96. The van der Waals surface area contributed by atoms with Gasteiger partial charge in [0.2, 0.25) is 11.8 Å². The van der Waals surface area contributed by atoms with Crippen LogP contribution in [0, 0.1) is 13.8 Å². The molecule has 1 saturated heterocycles. The molecule has 3 aromatic rings. The van der Waals surface area contributed by atoms with E-state index < -0.39 is 27.8 Å². The van der Waals surface area contributed by atoms with E-state index in [9.17, 15) is 18.0 Å². The molecule has 1 aromatic heterocycles. The standard InChI is InChI=1S/C29H33N5O6S/c1-18-8-6-9-19(2)25(18)23-15-24-31-27(30-23)32-41(37,38)22-11-7-10-20(14-22)26(35)34-13-12-33(16-21(34)17-39-24)28(36)40-29(3,4)5/h6-11,14-15,21H,12-13,16-17H2,1-5H3,(H,30,31,32)/t21-/m0/s1. The lowest BCUT2D eigenvalue weighted by Gasteiger charge is -2.41. The molecule has 12 heteroatoms. The number of carbonyl (C=O) groups is 2. The molecule has 2 aromatic carbocycles. The van der Waals surface area contributed by atoms with Gasteiger partial charge in [0.25, 0.3) is 15.9 Å². The molecule has 0 saturated carbocycles. The highest BCUT2D eigenvalue weighted by Crippen LogP contribution is 2.30. The summed E-state index contributed by atoms with van der Waals surface area (Å²) in [4.78, 5) is 38.5. The lowest BCUT2D eigenvalue weighted by Crippen LogP contribution is -2.59. The molecule has 4 bridgehead atoms. The van der Waals surface area contributed by atoms with E-state index in [2.05, 4.69) is 14.7 Å². The third-order valence-corrected chi connectivity index (χ3v) is 8.20.